The molecule has 1 aromatic rings. The van der Waals surface area contributed by atoms with Crippen LogP contribution in [0.25, 0.3) is 0 Å². The van der Waals surface area contributed by atoms with Crippen LogP contribution in [-0.4, -0.2) is 47.4 Å². The summed E-state index contributed by atoms with van der Waals surface area (Å²) >= 11 is 0. The number of rotatable bonds is 3. The Labute approximate surface area is 92.4 Å². The van der Waals surface area contributed by atoms with Gasteiger partial charge in [0.25, 0.3) is 0 Å². The van der Waals surface area contributed by atoms with E-state index in [-0.39, 0.29) is 16.5 Å². The topological polar surface area (TPSA) is 107 Å². The number of hydrogen-bond donors (Lipinski definition) is 4. The SMILES string of the molecule is COC(=O)c1ccc(B(O)O)cc1B(O)O. The number of carbonyl (C=O) groups excluding carboxylic acids is 1. The van der Waals surface area contributed by atoms with Crippen molar-refractivity contribution >= 4 is 31.1 Å². The first-order chi connectivity index (χ1) is 7.47. The van der Waals surface area contributed by atoms with Crippen LogP contribution >= 0.6 is 0 Å². The van der Waals surface area contributed by atoms with Gasteiger partial charge in [-0.3, -0.25) is 0 Å². The second-order valence-electron chi connectivity index (χ2n) is 3.09. The van der Waals surface area contributed by atoms with Gasteiger partial charge in [-0.1, -0.05) is 12.1 Å². The third kappa shape index (κ3) is 2.61. The summed E-state index contributed by atoms with van der Waals surface area (Å²) < 4.78 is 4.44. The zero-order valence-corrected chi connectivity index (χ0v) is 8.49. The van der Waals surface area contributed by atoms with Gasteiger partial charge in [-0.25, -0.2) is 4.79 Å². The lowest BCUT2D eigenvalue weighted by molar-refractivity contribution is 0.0601. The summed E-state index contributed by atoms with van der Waals surface area (Å²) in [5, 5.41) is 35.9. The molecule has 4 N–H and O–H groups in total. The highest BCUT2D eigenvalue weighted by Crippen LogP contribution is 1.98. The van der Waals surface area contributed by atoms with Gasteiger partial charge >= 0.3 is 20.2 Å². The van der Waals surface area contributed by atoms with E-state index in [2.05, 4.69) is 4.74 Å². The molecule has 1 rings (SSSR count). The van der Waals surface area contributed by atoms with Crippen molar-refractivity contribution in [1.29, 1.82) is 0 Å². The Morgan fingerprint density at radius 2 is 1.81 bits per heavy atom. The van der Waals surface area contributed by atoms with Gasteiger partial charge in [-0.15, -0.1) is 0 Å². The van der Waals surface area contributed by atoms with Crippen molar-refractivity contribution in [2.24, 2.45) is 0 Å². The van der Waals surface area contributed by atoms with Crippen molar-refractivity contribution in [1.82, 2.24) is 0 Å². The monoisotopic (exact) mass is 224 g/mol. The molecule has 0 aromatic heterocycles. The van der Waals surface area contributed by atoms with Gasteiger partial charge in [0.05, 0.1) is 12.7 Å². The lowest BCUT2D eigenvalue weighted by atomic mass is 9.71. The minimum atomic E-state index is -1.90. The minimum Gasteiger partial charge on any atom is -0.465 e. The molecule has 8 heteroatoms. The Balaban J connectivity index is 3.25. The summed E-state index contributed by atoms with van der Waals surface area (Å²) in [4.78, 5) is 11.3. The highest BCUT2D eigenvalue weighted by atomic mass is 16.5. The molecular weight excluding hydrogens is 214 g/mol. The Hall–Kier alpha value is -1.34. The largest absolute Gasteiger partial charge is 0.489 e. The van der Waals surface area contributed by atoms with Crippen molar-refractivity contribution in [3.8, 4) is 0 Å². The molecule has 0 saturated heterocycles. The van der Waals surface area contributed by atoms with E-state index in [4.69, 9.17) is 20.1 Å². The summed E-state index contributed by atoms with van der Waals surface area (Å²) in [6.45, 7) is 0. The number of hydrogen-bond acceptors (Lipinski definition) is 6. The second kappa shape index (κ2) is 5.13. The quantitative estimate of drug-likeness (QED) is 0.318. The number of ether oxygens (including phenoxy) is 1. The van der Waals surface area contributed by atoms with E-state index < -0.39 is 20.2 Å². The van der Waals surface area contributed by atoms with Crippen LogP contribution in [0.3, 0.4) is 0 Å². The molecule has 0 aliphatic rings. The Morgan fingerprint density at radius 3 is 2.25 bits per heavy atom. The smallest absolute Gasteiger partial charge is 0.465 e. The van der Waals surface area contributed by atoms with Gasteiger partial charge in [-0.05, 0) is 17.0 Å². The van der Waals surface area contributed by atoms with Gasteiger partial charge in [-0.2, -0.15) is 0 Å². The summed E-state index contributed by atoms with van der Waals surface area (Å²) in [5.41, 5.74) is -0.130. The average molecular weight is 224 g/mol. The van der Waals surface area contributed by atoms with Gasteiger partial charge in [0.1, 0.15) is 0 Å². The number of esters is 1. The van der Waals surface area contributed by atoms with Crippen LogP contribution in [0.4, 0.5) is 0 Å². The molecule has 0 radical (unpaired) electrons. The van der Waals surface area contributed by atoms with Gasteiger partial charge < -0.3 is 24.8 Å². The normalized spacial score (nSPS) is 9.81. The lowest BCUT2D eigenvalue weighted by Crippen LogP contribution is -2.41. The number of carbonyl (C=O) groups is 1. The average Bonchev–Trinajstić information content (AvgIpc) is 2.26. The summed E-state index contributed by atoms with van der Waals surface area (Å²) in [7, 11) is -2.48. The predicted octanol–water partition coefficient (Wildman–Crippen LogP) is -3.17. The van der Waals surface area contributed by atoms with E-state index in [9.17, 15) is 4.79 Å². The summed E-state index contributed by atoms with van der Waals surface area (Å²) in [6.07, 6.45) is 0. The molecule has 0 aliphatic carbocycles. The molecule has 0 unspecified atom stereocenters. The predicted molar refractivity (Wildman–Crippen MR) is 57.4 cm³/mol. The fraction of sp³-hybridized carbons (Fsp3) is 0.125. The molecule has 0 fully saturated rings. The maximum Gasteiger partial charge on any atom is 0.489 e. The van der Waals surface area contributed by atoms with Crippen LogP contribution in [-0.2, 0) is 4.74 Å². The molecule has 0 aliphatic heterocycles. The fourth-order valence-electron chi connectivity index (χ4n) is 1.25. The minimum absolute atomic E-state index is 0.0399. The molecule has 0 bridgehead atoms. The maximum absolute atomic E-state index is 11.3. The first kappa shape index (κ1) is 12.7. The van der Waals surface area contributed by atoms with E-state index in [1.165, 1.54) is 12.1 Å². The van der Waals surface area contributed by atoms with Crippen LogP contribution in [0.5, 0.6) is 0 Å². The number of benzene rings is 1. The third-order valence-electron chi connectivity index (χ3n) is 2.06. The highest BCUT2D eigenvalue weighted by molar-refractivity contribution is 6.63. The Morgan fingerprint density at radius 1 is 1.19 bits per heavy atom. The van der Waals surface area contributed by atoms with Crippen LogP contribution in [0.2, 0.25) is 0 Å². The van der Waals surface area contributed by atoms with Gasteiger partial charge in [0.15, 0.2) is 0 Å². The van der Waals surface area contributed by atoms with Gasteiger partial charge in [0.2, 0.25) is 0 Å². The van der Waals surface area contributed by atoms with Crippen molar-refractivity contribution in [2.75, 3.05) is 7.11 Å². The summed E-state index contributed by atoms with van der Waals surface area (Å²) in [6, 6.07) is 3.62. The van der Waals surface area contributed by atoms with E-state index in [0.717, 1.165) is 13.2 Å². The number of methoxy groups -OCH3 is 1. The summed E-state index contributed by atoms with van der Waals surface area (Å²) in [5.74, 6) is -0.734. The highest BCUT2D eigenvalue weighted by Gasteiger charge is 2.23. The molecule has 16 heavy (non-hydrogen) atoms. The van der Waals surface area contributed by atoms with Crippen LogP contribution < -0.4 is 10.9 Å². The van der Waals surface area contributed by atoms with E-state index in [0.29, 0.717) is 0 Å². The van der Waals surface area contributed by atoms with E-state index in [1.54, 1.807) is 0 Å². The molecular formula is C8H10B2O6. The molecule has 1 aromatic carbocycles. The third-order valence-corrected chi connectivity index (χ3v) is 2.06. The van der Waals surface area contributed by atoms with Crippen LogP contribution in [0, 0.1) is 0 Å². The Bertz CT molecular complexity index is 392. The zero-order chi connectivity index (χ0) is 12.3. The lowest BCUT2D eigenvalue weighted by Gasteiger charge is -2.09. The molecule has 0 heterocycles. The van der Waals surface area contributed by atoms with Gasteiger partial charge in [0, 0.05) is 0 Å². The molecule has 6 nitrogen and oxygen atoms in total. The molecule has 0 spiro atoms. The van der Waals surface area contributed by atoms with Crippen LogP contribution in [0.1, 0.15) is 10.4 Å². The van der Waals surface area contributed by atoms with Crippen LogP contribution in [0.15, 0.2) is 18.2 Å². The van der Waals surface area contributed by atoms with E-state index in [1.807, 2.05) is 0 Å². The Kier molecular flexibility index (Phi) is 4.08. The zero-order valence-electron chi connectivity index (χ0n) is 8.49. The molecule has 0 amide bonds. The molecule has 0 saturated carbocycles. The van der Waals surface area contributed by atoms with Crippen molar-refractivity contribution in [3.63, 3.8) is 0 Å². The first-order valence-corrected chi connectivity index (χ1v) is 4.41. The second-order valence-corrected chi connectivity index (χ2v) is 3.09. The van der Waals surface area contributed by atoms with E-state index >= 15 is 0 Å². The fourth-order valence-corrected chi connectivity index (χ4v) is 1.25. The van der Waals surface area contributed by atoms with Crippen molar-refractivity contribution in [3.05, 3.63) is 23.8 Å². The van der Waals surface area contributed by atoms with Crippen molar-refractivity contribution < 1.29 is 29.6 Å². The molecule has 84 valence electrons. The molecule has 0 atom stereocenters. The maximum atomic E-state index is 11.3. The standard InChI is InChI=1S/C8H10B2O6/c1-16-8(11)6-3-2-5(9(12)13)4-7(6)10(14)15/h2-4,12-15H,1H3. The van der Waals surface area contributed by atoms with Crippen molar-refractivity contribution in [2.45, 2.75) is 0 Å². The first-order valence-electron chi connectivity index (χ1n) is 4.41.